The highest BCUT2D eigenvalue weighted by molar-refractivity contribution is 5.98. The lowest BCUT2D eigenvalue weighted by Gasteiger charge is -2.09. The Labute approximate surface area is 152 Å². The van der Waals surface area contributed by atoms with Gasteiger partial charge in [-0.2, -0.15) is 8.78 Å². The van der Waals surface area contributed by atoms with Gasteiger partial charge < -0.3 is 19.9 Å². The summed E-state index contributed by atoms with van der Waals surface area (Å²) in [5, 5.41) is 0. The van der Waals surface area contributed by atoms with E-state index in [1.807, 2.05) is 0 Å². The van der Waals surface area contributed by atoms with Gasteiger partial charge >= 0.3 is 12.6 Å². The van der Waals surface area contributed by atoms with Crippen molar-refractivity contribution in [2.45, 2.75) is 6.61 Å². The molecule has 0 radical (unpaired) electrons. The number of ketones is 1. The summed E-state index contributed by atoms with van der Waals surface area (Å²) in [4.78, 5) is 34.9. The molecule has 2 aromatic carbocycles. The van der Waals surface area contributed by atoms with Crippen LogP contribution in [0.1, 0.15) is 20.7 Å². The van der Waals surface area contributed by atoms with E-state index in [1.54, 1.807) is 12.1 Å². The van der Waals surface area contributed by atoms with E-state index in [4.69, 9.17) is 15.2 Å². The van der Waals surface area contributed by atoms with E-state index in [1.165, 1.54) is 36.4 Å². The molecular formula is C18H15F2NO6. The van der Waals surface area contributed by atoms with E-state index in [0.29, 0.717) is 0 Å². The summed E-state index contributed by atoms with van der Waals surface area (Å²) in [6.07, 6.45) is 0. The minimum absolute atomic E-state index is 0.0972. The molecule has 0 atom stereocenters. The fourth-order valence-electron chi connectivity index (χ4n) is 2.03. The molecule has 0 aromatic heterocycles. The Hall–Kier alpha value is -3.49. The highest BCUT2D eigenvalue weighted by Crippen LogP contribution is 2.17. The standard InChI is InChI=1S/C18H15F2NO6/c19-18(20)27-12-7-5-11(6-8-12)14(22)9-26-16(23)10-25-15-4-2-1-3-13(15)17(21)24/h1-8,18H,9-10H2,(H2,21,24). The highest BCUT2D eigenvalue weighted by Gasteiger charge is 2.14. The number of alkyl halides is 2. The summed E-state index contributed by atoms with van der Waals surface area (Å²) >= 11 is 0. The van der Waals surface area contributed by atoms with Gasteiger partial charge in [-0.1, -0.05) is 12.1 Å². The van der Waals surface area contributed by atoms with Gasteiger partial charge in [-0.3, -0.25) is 9.59 Å². The van der Waals surface area contributed by atoms with Crippen LogP contribution in [0.3, 0.4) is 0 Å². The third-order valence-electron chi connectivity index (χ3n) is 3.26. The van der Waals surface area contributed by atoms with Crippen molar-refractivity contribution in [3.05, 3.63) is 59.7 Å². The molecule has 2 aromatic rings. The van der Waals surface area contributed by atoms with Crippen molar-refractivity contribution in [1.29, 1.82) is 0 Å². The fourth-order valence-corrected chi connectivity index (χ4v) is 2.03. The highest BCUT2D eigenvalue weighted by atomic mass is 19.3. The predicted octanol–water partition coefficient (Wildman–Crippen LogP) is 2.19. The molecule has 7 nitrogen and oxygen atoms in total. The Morgan fingerprint density at radius 1 is 0.963 bits per heavy atom. The first-order valence-electron chi connectivity index (χ1n) is 7.62. The molecule has 0 aliphatic heterocycles. The largest absolute Gasteiger partial charge is 0.481 e. The van der Waals surface area contributed by atoms with Crippen LogP contribution in [0.5, 0.6) is 11.5 Å². The van der Waals surface area contributed by atoms with Crippen LogP contribution in [0.2, 0.25) is 0 Å². The Kier molecular flexibility index (Phi) is 6.81. The summed E-state index contributed by atoms with van der Waals surface area (Å²) in [5.74, 6) is -2.07. The van der Waals surface area contributed by atoms with E-state index in [9.17, 15) is 23.2 Å². The Balaban J connectivity index is 1.83. The molecule has 0 saturated carbocycles. The molecule has 0 aliphatic carbocycles. The predicted molar refractivity (Wildman–Crippen MR) is 88.8 cm³/mol. The van der Waals surface area contributed by atoms with E-state index in [2.05, 4.69) is 4.74 Å². The SMILES string of the molecule is NC(=O)c1ccccc1OCC(=O)OCC(=O)c1ccc(OC(F)F)cc1. The van der Waals surface area contributed by atoms with Crippen LogP contribution < -0.4 is 15.2 Å². The smallest absolute Gasteiger partial charge is 0.387 e. The van der Waals surface area contributed by atoms with Gasteiger partial charge in [0, 0.05) is 5.56 Å². The molecule has 0 saturated heterocycles. The van der Waals surface area contributed by atoms with Gasteiger partial charge in [0.1, 0.15) is 11.5 Å². The molecule has 2 N–H and O–H groups in total. The average molecular weight is 379 g/mol. The number of Topliss-reactive ketones (excluding diaryl/α,β-unsaturated/α-hetero) is 1. The molecule has 142 valence electrons. The summed E-state index contributed by atoms with van der Waals surface area (Å²) in [6.45, 7) is -4.06. The second-order valence-corrected chi connectivity index (χ2v) is 5.14. The zero-order valence-corrected chi connectivity index (χ0v) is 13.9. The van der Waals surface area contributed by atoms with Crippen molar-refractivity contribution >= 4 is 17.7 Å². The number of rotatable bonds is 9. The summed E-state index contributed by atoms with van der Waals surface area (Å²) in [6, 6.07) is 11.0. The minimum Gasteiger partial charge on any atom is -0.481 e. The Morgan fingerprint density at radius 2 is 1.63 bits per heavy atom. The molecule has 1 amide bonds. The third kappa shape index (κ3) is 6.07. The van der Waals surface area contributed by atoms with Crippen molar-refractivity contribution in [2.24, 2.45) is 5.73 Å². The maximum absolute atomic E-state index is 12.1. The molecule has 9 heteroatoms. The van der Waals surface area contributed by atoms with E-state index >= 15 is 0 Å². The number of halogens is 2. The molecule has 0 aliphatic rings. The monoisotopic (exact) mass is 379 g/mol. The maximum atomic E-state index is 12.1. The van der Waals surface area contributed by atoms with Crippen molar-refractivity contribution in [3.8, 4) is 11.5 Å². The van der Waals surface area contributed by atoms with Crippen LogP contribution in [0.25, 0.3) is 0 Å². The number of hydrogen-bond acceptors (Lipinski definition) is 6. The van der Waals surface area contributed by atoms with Crippen molar-refractivity contribution < 1.29 is 37.4 Å². The number of benzene rings is 2. The first kappa shape index (κ1) is 19.8. The fraction of sp³-hybridized carbons (Fsp3) is 0.167. The lowest BCUT2D eigenvalue weighted by Crippen LogP contribution is -2.21. The molecule has 0 fully saturated rings. The molecule has 0 unspecified atom stereocenters. The van der Waals surface area contributed by atoms with Crippen LogP contribution in [-0.4, -0.2) is 37.5 Å². The molecular weight excluding hydrogens is 364 g/mol. The normalized spacial score (nSPS) is 10.3. The third-order valence-corrected chi connectivity index (χ3v) is 3.26. The molecule has 0 bridgehead atoms. The summed E-state index contributed by atoms with van der Waals surface area (Å²) in [5.41, 5.74) is 5.45. The number of para-hydroxylation sites is 1. The summed E-state index contributed by atoms with van der Waals surface area (Å²) in [7, 11) is 0. The van der Waals surface area contributed by atoms with Crippen LogP contribution >= 0.6 is 0 Å². The quantitative estimate of drug-likeness (QED) is 0.529. The van der Waals surface area contributed by atoms with Gasteiger partial charge in [0.15, 0.2) is 19.0 Å². The van der Waals surface area contributed by atoms with Crippen LogP contribution in [0, 0.1) is 0 Å². The first-order valence-corrected chi connectivity index (χ1v) is 7.62. The van der Waals surface area contributed by atoms with Gasteiger partial charge in [-0.15, -0.1) is 0 Å². The molecule has 2 rings (SSSR count). The number of carbonyl (C=O) groups is 3. The van der Waals surface area contributed by atoms with Crippen LogP contribution in [0.4, 0.5) is 8.78 Å². The molecule has 0 heterocycles. The van der Waals surface area contributed by atoms with Crippen LogP contribution in [0.15, 0.2) is 48.5 Å². The zero-order chi connectivity index (χ0) is 19.8. The van der Waals surface area contributed by atoms with Crippen molar-refractivity contribution in [2.75, 3.05) is 13.2 Å². The number of hydrogen-bond donors (Lipinski definition) is 1. The second kappa shape index (κ2) is 9.27. The van der Waals surface area contributed by atoms with Gasteiger partial charge in [-0.25, -0.2) is 4.79 Å². The van der Waals surface area contributed by atoms with Crippen molar-refractivity contribution in [3.63, 3.8) is 0 Å². The average Bonchev–Trinajstić information content (AvgIpc) is 2.64. The molecule has 27 heavy (non-hydrogen) atoms. The number of nitrogens with two attached hydrogens (primary N) is 1. The number of ether oxygens (including phenoxy) is 3. The lowest BCUT2D eigenvalue weighted by molar-refractivity contribution is -0.144. The topological polar surface area (TPSA) is 105 Å². The van der Waals surface area contributed by atoms with Crippen LogP contribution in [-0.2, 0) is 9.53 Å². The summed E-state index contributed by atoms with van der Waals surface area (Å²) < 4.78 is 38.3. The van der Waals surface area contributed by atoms with E-state index in [-0.39, 0.29) is 22.6 Å². The van der Waals surface area contributed by atoms with E-state index in [0.717, 1.165) is 0 Å². The van der Waals surface area contributed by atoms with Crippen molar-refractivity contribution in [1.82, 2.24) is 0 Å². The Morgan fingerprint density at radius 3 is 2.26 bits per heavy atom. The van der Waals surface area contributed by atoms with Gasteiger partial charge in [0.05, 0.1) is 5.56 Å². The number of esters is 1. The lowest BCUT2D eigenvalue weighted by atomic mass is 10.1. The number of amides is 1. The van der Waals surface area contributed by atoms with Gasteiger partial charge in [0.2, 0.25) is 0 Å². The van der Waals surface area contributed by atoms with Gasteiger partial charge in [0.25, 0.3) is 5.91 Å². The second-order valence-electron chi connectivity index (χ2n) is 5.14. The number of primary amides is 1. The van der Waals surface area contributed by atoms with Gasteiger partial charge in [-0.05, 0) is 36.4 Å². The molecule has 0 spiro atoms. The van der Waals surface area contributed by atoms with E-state index < -0.39 is 37.5 Å². The first-order chi connectivity index (χ1) is 12.9. The zero-order valence-electron chi connectivity index (χ0n) is 13.9. The minimum atomic E-state index is -2.97. The number of carbonyl (C=O) groups excluding carboxylic acids is 3. The Bertz CT molecular complexity index is 823. The maximum Gasteiger partial charge on any atom is 0.387 e.